The van der Waals surface area contributed by atoms with Crippen molar-refractivity contribution in [3.8, 4) is 0 Å². The Bertz CT molecular complexity index is 367. The maximum absolute atomic E-state index is 10.4. The van der Waals surface area contributed by atoms with E-state index >= 15 is 0 Å². The number of hydrogen-bond donors (Lipinski definition) is 4. The number of morpholine rings is 1. The van der Waals surface area contributed by atoms with Crippen LogP contribution in [0.25, 0.3) is 0 Å². The number of ether oxygens (including phenoxy) is 1. The minimum atomic E-state index is -0.959. The summed E-state index contributed by atoms with van der Waals surface area (Å²) in [5, 5.41) is 11.6. The molecule has 2 rings (SSSR count). The molecule has 19 heavy (non-hydrogen) atoms. The smallest absolute Gasteiger partial charge is 0.320 e. The van der Waals surface area contributed by atoms with Gasteiger partial charge in [-0.25, -0.2) is 0 Å². The highest BCUT2D eigenvalue weighted by atomic mass is 16.5. The SMILES string of the molecule is NC(Cc1ccccc1)C(=O)O.NC1CNCCO1. The molecule has 1 aromatic carbocycles. The van der Waals surface area contributed by atoms with Crippen LogP contribution in [0.3, 0.4) is 0 Å². The first kappa shape index (κ1) is 15.6. The summed E-state index contributed by atoms with van der Waals surface area (Å²) in [5.41, 5.74) is 11.7. The molecule has 0 aromatic heterocycles. The molecule has 2 unspecified atom stereocenters. The summed E-state index contributed by atoms with van der Waals surface area (Å²) in [6, 6.07) is 8.54. The summed E-state index contributed by atoms with van der Waals surface area (Å²) < 4.78 is 4.99. The van der Waals surface area contributed by atoms with E-state index in [0.29, 0.717) is 6.42 Å². The number of hydrogen-bond acceptors (Lipinski definition) is 5. The van der Waals surface area contributed by atoms with Crippen LogP contribution >= 0.6 is 0 Å². The minimum Gasteiger partial charge on any atom is -0.480 e. The van der Waals surface area contributed by atoms with E-state index in [9.17, 15) is 4.79 Å². The highest BCUT2D eigenvalue weighted by Gasteiger charge is 2.10. The zero-order chi connectivity index (χ0) is 14.1. The van der Waals surface area contributed by atoms with Gasteiger partial charge in [0.15, 0.2) is 0 Å². The number of carboxylic acid groups (broad SMARTS) is 1. The van der Waals surface area contributed by atoms with E-state index in [0.717, 1.165) is 25.3 Å². The number of carbonyl (C=O) groups is 1. The lowest BCUT2D eigenvalue weighted by Crippen LogP contribution is -2.43. The Balaban J connectivity index is 0.000000218. The van der Waals surface area contributed by atoms with Crippen molar-refractivity contribution in [2.24, 2.45) is 11.5 Å². The average Bonchev–Trinajstić information content (AvgIpc) is 2.41. The second kappa shape index (κ2) is 8.60. The quantitative estimate of drug-likeness (QED) is 0.589. The third-order valence-electron chi connectivity index (χ3n) is 2.57. The summed E-state index contributed by atoms with van der Waals surface area (Å²) in [7, 11) is 0. The van der Waals surface area contributed by atoms with E-state index in [1.54, 1.807) is 0 Å². The molecule has 0 radical (unpaired) electrons. The molecule has 6 heteroatoms. The average molecular weight is 267 g/mol. The number of rotatable bonds is 3. The lowest BCUT2D eigenvalue weighted by molar-refractivity contribution is -0.138. The van der Waals surface area contributed by atoms with Crippen LogP contribution in [-0.4, -0.2) is 43.0 Å². The van der Waals surface area contributed by atoms with E-state index in [1.807, 2.05) is 30.3 Å². The standard InChI is InChI=1S/C9H11NO2.C4H10N2O/c10-8(9(11)12)6-7-4-2-1-3-5-7;5-4-3-6-1-2-7-4/h1-5,8H,6,10H2,(H,11,12);4,6H,1-3,5H2. The molecule has 1 fully saturated rings. The van der Waals surface area contributed by atoms with Crippen LogP contribution in [-0.2, 0) is 16.0 Å². The summed E-state index contributed by atoms with van der Waals surface area (Å²) in [6.07, 6.45) is 0.310. The molecular formula is C13H21N3O3. The summed E-state index contributed by atoms with van der Waals surface area (Å²) in [4.78, 5) is 10.4. The van der Waals surface area contributed by atoms with Gasteiger partial charge in [-0.15, -0.1) is 0 Å². The van der Waals surface area contributed by atoms with Gasteiger partial charge in [0.2, 0.25) is 0 Å². The highest BCUT2D eigenvalue weighted by Crippen LogP contribution is 2.01. The molecule has 6 nitrogen and oxygen atoms in total. The molecule has 0 spiro atoms. The Morgan fingerprint density at radius 1 is 1.47 bits per heavy atom. The largest absolute Gasteiger partial charge is 0.480 e. The van der Waals surface area contributed by atoms with Crippen molar-refractivity contribution in [1.82, 2.24) is 5.32 Å². The first-order valence-corrected chi connectivity index (χ1v) is 6.20. The lowest BCUT2D eigenvalue weighted by atomic mass is 10.1. The van der Waals surface area contributed by atoms with Gasteiger partial charge in [-0.3, -0.25) is 4.79 Å². The molecular weight excluding hydrogens is 246 g/mol. The number of nitrogens with one attached hydrogen (secondary N) is 1. The third-order valence-corrected chi connectivity index (χ3v) is 2.57. The molecule has 106 valence electrons. The van der Waals surface area contributed by atoms with Crippen LogP contribution < -0.4 is 16.8 Å². The molecule has 1 aliphatic heterocycles. The second-order valence-electron chi connectivity index (χ2n) is 4.25. The van der Waals surface area contributed by atoms with Crippen molar-refractivity contribution in [1.29, 1.82) is 0 Å². The van der Waals surface area contributed by atoms with Gasteiger partial charge >= 0.3 is 5.97 Å². The topological polar surface area (TPSA) is 111 Å². The Morgan fingerprint density at radius 3 is 2.58 bits per heavy atom. The van der Waals surface area contributed by atoms with Gasteiger partial charge in [-0.1, -0.05) is 30.3 Å². The van der Waals surface area contributed by atoms with Crippen LogP contribution in [0, 0.1) is 0 Å². The highest BCUT2D eigenvalue weighted by molar-refractivity contribution is 5.73. The molecule has 0 aliphatic carbocycles. The van der Waals surface area contributed by atoms with Crippen molar-refractivity contribution in [2.45, 2.75) is 18.7 Å². The molecule has 1 saturated heterocycles. The van der Waals surface area contributed by atoms with Crippen LogP contribution in [0.15, 0.2) is 30.3 Å². The predicted octanol–water partition coefficient (Wildman–Crippen LogP) is -0.468. The zero-order valence-electron chi connectivity index (χ0n) is 10.8. The van der Waals surface area contributed by atoms with Gasteiger partial charge in [0.1, 0.15) is 12.3 Å². The van der Waals surface area contributed by atoms with Crippen LogP contribution in [0.1, 0.15) is 5.56 Å². The fraction of sp³-hybridized carbons (Fsp3) is 0.462. The van der Waals surface area contributed by atoms with Crippen LogP contribution in [0.4, 0.5) is 0 Å². The van der Waals surface area contributed by atoms with E-state index in [4.69, 9.17) is 21.3 Å². The van der Waals surface area contributed by atoms with Gasteiger partial charge in [0.05, 0.1) is 6.61 Å². The Labute approximate surface area is 112 Å². The number of benzene rings is 1. The molecule has 1 heterocycles. The van der Waals surface area contributed by atoms with Crippen molar-refractivity contribution >= 4 is 5.97 Å². The zero-order valence-corrected chi connectivity index (χ0v) is 10.8. The summed E-state index contributed by atoms with van der Waals surface area (Å²) in [6.45, 7) is 2.48. The summed E-state index contributed by atoms with van der Waals surface area (Å²) in [5.74, 6) is -0.959. The van der Waals surface area contributed by atoms with Crippen LogP contribution in [0.2, 0.25) is 0 Å². The van der Waals surface area contributed by atoms with Gasteiger partial charge in [-0.05, 0) is 12.0 Å². The lowest BCUT2D eigenvalue weighted by Gasteiger charge is -2.18. The van der Waals surface area contributed by atoms with Gasteiger partial charge in [0, 0.05) is 13.1 Å². The maximum atomic E-state index is 10.4. The molecule has 6 N–H and O–H groups in total. The fourth-order valence-corrected chi connectivity index (χ4v) is 1.54. The van der Waals surface area contributed by atoms with E-state index in [-0.39, 0.29) is 6.23 Å². The van der Waals surface area contributed by atoms with Crippen molar-refractivity contribution in [3.63, 3.8) is 0 Å². The van der Waals surface area contributed by atoms with E-state index < -0.39 is 12.0 Å². The van der Waals surface area contributed by atoms with Gasteiger partial charge in [-0.2, -0.15) is 0 Å². The number of nitrogens with two attached hydrogens (primary N) is 2. The van der Waals surface area contributed by atoms with Crippen molar-refractivity contribution in [3.05, 3.63) is 35.9 Å². The van der Waals surface area contributed by atoms with E-state index in [1.165, 1.54) is 0 Å². The normalized spacial score (nSPS) is 20.0. The van der Waals surface area contributed by atoms with Gasteiger partial charge < -0.3 is 26.6 Å². The molecule has 0 bridgehead atoms. The monoisotopic (exact) mass is 267 g/mol. The fourth-order valence-electron chi connectivity index (χ4n) is 1.54. The Hall–Kier alpha value is -1.47. The van der Waals surface area contributed by atoms with Crippen molar-refractivity contribution < 1.29 is 14.6 Å². The second-order valence-corrected chi connectivity index (χ2v) is 4.25. The Kier molecular flexibility index (Phi) is 7.06. The third kappa shape index (κ3) is 6.88. The molecule has 1 aliphatic rings. The maximum Gasteiger partial charge on any atom is 0.320 e. The number of aliphatic carboxylic acids is 1. The molecule has 0 amide bonds. The molecule has 0 saturated carbocycles. The first-order valence-electron chi connectivity index (χ1n) is 6.20. The van der Waals surface area contributed by atoms with Crippen molar-refractivity contribution in [2.75, 3.05) is 19.7 Å². The molecule has 2 atom stereocenters. The first-order chi connectivity index (χ1) is 9.09. The van der Waals surface area contributed by atoms with Gasteiger partial charge in [0.25, 0.3) is 0 Å². The van der Waals surface area contributed by atoms with E-state index in [2.05, 4.69) is 5.32 Å². The summed E-state index contributed by atoms with van der Waals surface area (Å²) >= 11 is 0. The minimum absolute atomic E-state index is 0.0752. The Morgan fingerprint density at radius 2 is 2.16 bits per heavy atom. The predicted molar refractivity (Wildman–Crippen MR) is 72.6 cm³/mol. The molecule has 1 aromatic rings. The van der Waals surface area contributed by atoms with Crippen LogP contribution in [0.5, 0.6) is 0 Å². The number of carboxylic acids is 1.